The molecule has 0 atom stereocenters. The number of benzene rings is 1. The molecule has 1 amide bonds. The third kappa shape index (κ3) is 4.59. The molecule has 1 aliphatic heterocycles. The van der Waals surface area contributed by atoms with E-state index in [1.807, 2.05) is 7.05 Å². The highest BCUT2D eigenvalue weighted by Crippen LogP contribution is 2.19. The second-order valence-corrected chi connectivity index (χ2v) is 7.45. The first-order valence-electron chi connectivity index (χ1n) is 6.50. The first kappa shape index (κ1) is 16.1. The number of hydrogen-bond donors (Lipinski definition) is 0. The highest BCUT2D eigenvalue weighted by molar-refractivity contribution is 8.13. The fraction of sp³-hybridized carbons (Fsp3) is 0.462. The molecule has 8 heteroatoms. The monoisotopic (exact) mass is 332 g/mol. The second kappa shape index (κ2) is 6.64. The molecule has 0 saturated carbocycles. The molecule has 1 aliphatic rings. The van der Waals surface area contributed by atoms with Crippen LogP contribution in [0.15, 0.2) is 29.2 Å². The van der Waals surface area contributed by atoms with Crippen molar-refractivity contribution in [3.63, 3.8) is 0 Å². The lowest BCUT2D eigenvalue weighted by Crippen LogP contribution is -2.48. The van der Waals surface area contributed by atoms with Gasteiger partial charge in [0.1, 0.15) is 5.75 Å². The number of carbonyl (C=O) groups is 1. The summed E-state index contributed by atoms with van der Waals surface area (Å²) in [6.07, 6.45) is 0. The molecule has 0 aromatic heterocycles. The van der Waals surface area contributed by atoms with Gasteiger partial charge in [0.2, 0.25) is 0 Å². The molecule has 0 spiro atoms. The third-order valence-corrected chi connectivity index (χ3v) is 4.69. The lowest BCUT2D eigenvalue weighted by Gasteiger charge is -2.32. The predicted molar refractivity (Wildman–Crippen MR) is 79.1 cm³/mol. The van der Waals surface area contributed by atoms with Gasteiger partial charge >= 0.3 is 0 Å². The highest BCUT2D eigenvalue weighted by Gasteiger charge is 2.19. The number of nitrogens with zero attached hydrogens (tertiary/aromatic N) is 2. The summed E-state index contributed by atoms with van der Waals surface area (Å²) in [4.78, 5) is 15.9. The number of carbonyl (C=O) groups excluding carboxylic acids is 1. The van der Waals surface area contributed by atoms with Crippen molar-refractivity contribution in [3.8, 4) is 5.75 Å². The first-order valence-corrected chi connectivity index (χ1v) is 8.81. The van der Waals surface area contributed by atoms with Gasteiger partial charge in [-0.1, -0.05) is 0 Å². The van der Waals surface area contributed by atoms with Gasteiger partial charge in [0, 0.05) is 36.9 Å². The van der Waals surface area contributed by atoms with Crippen LogP contribution >= 0.6 is 10.7 Å². The molecule has 1 aromatic rings. The summed E-state index contributed by atoms with van der Waals surface area (Å²) in [7, 11) is 3.50. The lowest BCUT2D eigenvalue weighted by molar-refractivity contribution is -0.134. The summed E-state index contributed by atoms with van der Waals surface area (Å²) in [6.45, 7) is 3.04. The lowest BCUT2D eigenvalue weighted by atomic mass is 10.3. The molecule has 1 aromatic carbocycles. The van der Waals surface area contributed by atoms with Crippen LogP contribution in [-0.4, -0.2) is 64.0 Å². The molecule has 0 N–H and O–H groups in total. The SMILES string of the molecule is CN1CCN(C(=O)COc2ccc(S(=O)(=O)Cl)cc2)CC1. The van der Waals surface area contributed by atoms with Gasteiger partial charge in [-0.05, 0) is 31.3 Å². The number of amides is 1. The second-order valence-electron chi connectivity index (χ2n) is 4.88. The average molecular weight is 333 g/mol. The van der Waals surface area contributed by atoms with Crippen molar-refractivity contribution in [1.29, 1.82) is 0 Å². The first-order chi connectivity index (χ1) is 9.86. The van der Waals surface area contributed by atoms with Crippen LogP contribution < -0.4 is 4.74 Å². The quantitative estimate of drug-likeness (QED) is 0.762. The Morgan fingerprint density at radius 2 is 1.76 bits per heavy atom. The van der Waals surface area contributed by atoms with E-state index >= 15 is 0 Å². The zero-order chi connectivity index (χ0) is 15.5. The van der Waals surface area contributed by atoms with Gasteiger partial charge in [-0.2, -0.15) is 0 Å². The minimum atomic E-state index is -3.74. The van der Waals surface area contributed by atoms with Gasteiger partial charge in [0.25, 0.3) is 15.0 Å². The molecule has 1 fully saturated rings. The average Bonchev–Trinajstić information content (AvgIpc) is 2.45. The van der Waals surface area contributed by atoms with Crippen molar-refractivity contribution >= 4 is 25.6 Å². The van der Waals surface area contributed by atoms with Crippen molar-refractivity contribution in [3.05, 3.63) is 24.3 Å². The molecule has 0 unspecified atom stereocenters. The number of likely N-dealkylation sites (N-methyl/N-ethyl adjacent to an activating group) is 1. The highest BCUT2D eigenvalue weighted by atomic mass is 35.7. The Morgan fingerprint density at radius 1 is 1.19 bits per heavy atom. The van der Waals surface area contributed by atoms with E-state index in [0.717, 1.165) is 13.1 Å². The van der Waals surface area contributed by atoms with Crippen molar-refractivity contribution in [1.82, 2.24) is 9.80 Å². The molecule has 0 bridgehead atoms. The normalized spacial score (nSPS) is 16.8. The zero-order valence-electron chi connectivity index (χ0n) is 11.7. The van der Waals surface area contributed by atoms with E-state index in [-0.39, 0.29) is 17.4 Å². The zero-order valence-corrected chi connectivity index (χ0v) is 13.2. The molecule has 2 rings (SSSR count). The molecule has 6 nitrogen and oxygen atoms in total. The minimum absolute atomic E-state index is 0.00177. The van der Waals surface area contributed by atoms with E-state index in [9.17, 15) is 13.2 Å². The Bertz CT molecular complexity index is 595. The Balaban J connectivity index is 1.87. The molecule has 0 aliphatic carbocycles. The summed E-state index contributed by atoms with van der Waals surface area (Å²) in [5.41, 5.74) is 0. The maximum atomic E-state index is 12.0. The molecular formula is C13H17ClN2O4S. The van der Waals surface area contributed by atoms with E-state index in [1.54, 1.807) is 4.90 Å². The largest absolute Gasteiger partial charge is 0.484 e. The molecular weight excluding hydrogens is 316 g/mol. The maximum Gasteiger partial charge on any atom is 0.261 e. The van der Waals surface area contributed by atoms with Crippen LogP contribution in [0.2, 0.25) is 0 Å². The molecule has 1 heterocycles. The fourth-order valence-corrected chi connectivity index (χ4v) is 2.76. The fourth-order valence-electron chi connectivity index (χ4n) is 1.99. The van der Waals surface area contributed by atoms with Crippen molar-refractivity contribution in [2.75, 3.05) is 39.8 Å². The molecule has 21 heavy (non-hydrogen) atoms. The third-order valence-electron chi connectivity index (χ3n) is 3.32. The Morgan fingerprint density at radius 3 is 2.29 bits per heavy atom. The van der Waals surface area contributed by atoms with E-state index in [1.165, 1.54) is 24.3 Å². The predicted octanol–water partition coefficient (Wildman–Crippen LogP) is 0.767. The topological polar surface area (TPSA) is 66.9 Å². The van der Waals surface area contributed by atoms with Crippen molar-refractivity contribution < 1.29 is 17.9 Å². The number of hydrogen-bond acceptors (Lipinski definition) is 5. The van der Waals surface area contributed by atoms with Crippen LogP contribution in [0.5, 0.6) is 5.75 Å². The number of ether oxygens (including phenoxy) is 1. The van der Waals surface area contributed by atoms with E-state index in [0.29, 0.717) is 18.8 Å². The van der Waals surface area contributed by atoms with Gasteiger partial charge in [0.05, 0.1) is 4.90 Å². The van der Waals surface area contributed by atoms with Crippen LogP contribution in [0.25, 0.3) is 0 Å². The summed E-state index contributed by atoms with van der Waals surface area (Å²) in [5, 5.41) is 0. The molecule has 116 valence electrons. The standard InChI is InChI=1S/C13H17ClN2O4S/c1-15-6-8-16(9-7-15)13(17)10-20-11-2-4-12(5-3-11)21(14,18)19/h2-5H,6-10H2,1H3. The van der Waals surface area contributed by atoms with Crippen LogP contribution in [0.1, 0.15) is 0 Å². The summed E-state index contributed by atoms with van der Waals surface area (Å²) >= 11 is 0. The number of piperazine rings is 1. The van der Waals surface area contributed by atoms with E-state index < -0.39 is 9.05 Å². The van der Waals surface area contributed by atoms with Crippen molar-refractivity contribution in [2.45, 2.75) is 4.90 Å². The Hall–Kier alpha value is -1.31. The van der Waals surface area contributed by atoms with Gasteiger partial charge in [0.15, 0.2) is 6.61 Å². The van der Waals surface area contributed by atoms with E-state index in [4.69, 9.17) is 15.4 Å². The Kier molecular flexibility index (Phi) is 5.08. The maximum absolute atomic E-state index is 12.0. The minimum Gasteiger partial charge on any atom is -0.484 e. The summed E-state index contributed by atoms with van der Waals surface area (Å²) in [6, 6.07) is 5.65. The summed E-state index contributed by atoms with van der Waals surface area (Å²) < 4.78 is 27.6. The number of halogens is 1. The van der Waals surface area contributed by atoms with Gasteiger partial charge in [-0.25, -0.2) is 8.42 Å². The Labute approximate surface area is 128 Å². The van der Waals surface area contributed by atoms with Crippen LogP contribution in [-0.2, 0) is 13.8 Å². The molecule has 1 saturated heterocycles. The van der Waals surface area contributed by atoms with Gasteiger partial charge in [-0.15, -0.1) is 0 Å². The van der Waals surface area contributed by atoms with Crippen molar-refractivity contribution in [2.24, 2.45) is 0 Å². The van der Waals surface area contributed by atoms with E-state index in [2.05, 4.69) is 4.90 Å². The van der Waals surface area contributed by atoms with Crippen LogP contribution in [0.4, 0.5) is 0 Å². The van der Waals surface area contributed by atoms with Crippen LogP contribution in [0.3, 0.4) is 0 Å². The van der Waals surface area contributed by atoms with Gasteiger partial charge in [-0.3, -0.25) is 4.79 Å². The molecule has 0 radical (unpaired) electrons. The summed E-state index contributed by atoms with van der Waals surface area (Å²) in [5.74, 6) is 0.360. The smallest absolute Gasteiger partial charge is 0.261 e. The van der Waals surface area contributed by atoms with Crippen LogP contribution in [0, 0.1) is 0 Å². The van der Waals surface area contributed by atoms with Gasteiger partial charge < -0.3 is 14.5 Å². The number of rotatable bonds is 4.